The quantitative estimate of drug-likeness (QED) is 0.213. The van der Waals surface area contributed by atoms with Crippen molar-refractivity contribution in [2.24, 2.45) is 0 Å². The van der Waals surface area contributed by atoms with E-state index < -0.39 is 0 Å². The number of benzene rings is 4. The maximum absolute atomic E-state index is 10.1. The van der Waals surface area contributed by atoms with E-state index in [1.54, 1.807) is 23.5 Å². The molecule has 0 saturated carbocycles. The number of allylic oxidation sites excluding steroid dienone is 10. The second kappa shape index (κ2) is 15.4. The predicted molar refractivity (Wildman–Crippen MR) is 186 cm³/mol. The summed E-state index contributed by atoms with van der Waals surface area (Å²) in [6, 6.07) is 24.9. The van der Waals surface area contributed by atoms with Gasteiger partial charge in [0.1, 0.15) is 5.75 Å². The zero-order valence-corrected chi connectivity index (χ0v) is 25.6. The van der Waals surface area contributed by atoms with Crippen LogP contribution in [0.25, 0.3) is 36.5 Å². The van der Waals surface area contributed by atoms with E-state index in [0.717, 1.165) is 15.5 Å². The van der Waals surface area contributed by atoms with Crippen molar-refractivity contribution in [1.82, 2.24) is 0 Å². The second-order valence-corrected chi connectivity index (χ2v) is 10.8. The monoisotopic (exact) mass is 556 g/mol. The Morgan fingerprint density at radius 2 is 1.41 bits per heavy atom. The highest BCUT2D eigenvalue weighted by Gasteiger charge is 2.12. The summed E-state index contributed by atoms with van der Waals surface area (Å²) in [4.78, 5) is 0. The molecule has 0 aliphatic carbocycles. The fourth-order valence-electron chi connectivity index (χ4n) is 4.62. The fraction of sp³-hybridized carbons (Fsp3) is 0.128. The molecule has 5 aromatic rings. The number of aryl methyl sites for hydroxylation is 2. The van der Waals surface area contributed by atoms with Crippen molar-refractivity contribution in [2.75, 3.05) is 0 Å². The molecular weight excluding hydrogens is 516 g/mol. The summed E-state index contributed by atoms with van der Waals surface area (Å²) in [6.45, 7) is 17.6. The molecule has 0 aliphatic heterocycles. The van der Waals surface area contributed by atoms with Crippen LogP contribution in [0.1, 0.15) is 37.5 Å². The Balaban J connectivity index is 0.000000186. The average molecular weight is 557 g/mol. The predicted octanol–water partition coefficient (Wildman–Crippen LogP) is 12.1. The lowest BCUT2D eigenvalue weighted by Gasteiger charge is -2.04. The van der Waals surface area contributed by atoms with Crippen molar-refractivity contribution in [2.45, 2.75) is 34.6 Å². The maximum Gasteiger partial charge on any atom is 0.124 e. The molecule has 1 heterocycles. The number of phenolic OH excluding ortho intramolecular Hbond substituents is 1. The summed E-state index contributed by atoms with van der Waals surface area (Å²) in [5.41, 5.74) is 6.21. The van der Waals surface area contributed by atoms with E-state index in [4.69, 9.17) is 0 Å². The molecule has 0 bridgehead atoms. The van der Waals surface area contributed by atoms with Crippen molar-refractivity contribution < 1.29 is 5.11 Å². The number of rotatable bonds is 5. The maximum atomic E-state index is 10.1. The lowest BCUT2D eigenvalue weighted by atomic mass is 10.0. The van der Waals surface area contributed by atoms with E-state index in [1.165, 1.54) is 43.3 Å². The van der Waals surface area contributed by atoms with Gasteiger partial charge in [-0.25, -0.2) is 0 Å². The number of hydrogen-bond acceptors (Lipinski definition) is 2. The highest BCUT2D eigenvalue weighted by atomic mass is 32.1. The molecule has 41 heavy (non-hydrogen) atoms. The Labute approximate surface area is 249 Å². The SMILES string of the molecule is C=C/C=C(C)\C=C/C.C=C/C=C(\C=C/C)c1ccc(C)cc1.Cc1cc2c(sc3cccc(O)c32)c2ccccc12. The molecular formula is C39H40OS. The van der Waals surface area contributed by atoms with Crippen molar-refractivity contribution in [3.63, 3.8) is 0 Å². The molecule has 0 spiro atoms. The minimum absolute atomic E-state index is 0.374. The van der Waals surface area contributed by atoms with Gasteiger partial charge >= 0.3 is 0 Å². The van der Waals surface area contributed by atoms with Crippen molar-refractivity contribution in [3.8, 4) is 5.75 Å². The molecule has 0 unspecified atom stereocenters. The first-order valence-corrected chi connectivity index (χ1v) is 14.6. The highest BCUT2D eigenvalue weighted by molar-refractivity contribution is 7.26. The summed E-state index contributed by atoms with van der Waals surface area (Å²) in [7, 11) is 0. The number of hydrogen-bond donors (Lipinski definition) is 1. The van der Waals surface area contributed by atoms with Crippen molar-refractivity contribution >= 4 is 47.9 Å². The standard InChI is InChI=1S/C17H12OS.C14H16.C8H12/c1-10-9-13-16-14(18)7-4-8-15(16)19-17(13)12-6-3-2-5-11(10)12;1-4-6-13(7-5-2)14-10-8-12(3)9-11-14;1-4-6-8(3)7-5-2/h2-9,18H,1H3;4-11H,1H2,2-3H3;4-7H,1H2,2-3H3/b;7-5-,13-6+;7-5-,8-6-. The van der Waals surface area contributed by atoms with Crippen LogP contribution in [0, 0.1) is 13.8 Å². The number of fused-ring (bicyclic) bond motifs is 5. The second-order valence-electron chi connectivity index (χ2n) is 9.74. The molecule has 0 amide bonds. The van der Waals surface area contributed by atoms with E-state index in [0.29, 0.717) is 5.75 Å². The summed E-state index contributed by atoms with van der Waals surface area (Å²) in [6.07, 6.45) is 15.8. The van der Waals surface area contributed by atoms with E-state index in [-0.39, 0.29) is 0 Å². The van der Waals surface area contributed by atoms with E-state index in [2.05, 4.69) is 93.7 Å². The van der Waals surface area contributed by atoms with Gasteiger partial charge in [0.25, 0.3) is 0 Å². The van der Waals surface area contributed by atoms with Gasteiger partial charge < -0.3 is 5.11 Å². The molecule has 208 valence electrons. The Bertz CT molecular complexity index is 1760. The molecule has 0 aliphatic rings. The lowest BCUT2D eigenvalue weighted by Crippen LogP contribution is -1.80. The molecule has 5 rings (SSSR count). The van der Waals surface area contributed by atoms with Crippen molar-refractivity contribution in [1.29, 1.82) is 0 Å². The van der Waals surface area contributed by atoms with Gasteiger partial charge in [-0.05, 0) is 80.3 Å². The molecule has 0 radical (unpaired) electrons. The molecule has 4 aromatic carbocycles. The smallest absolute Gasteiger partial charge is 0.124 e. The van der Waals surface area contributed by atoms with Crippen LogP contribution in [0.3, 0.4) is 0 Å². The van der Waals surface area contributed by atoms with Crippen LogP contribution in [-0.2, 0) is 0 Å². The zero-order valence-electron chi connectivity index (χ0n) is 24.8. The fourth-order valence-corrected chi connectivity index (χ4v) is 5.86. The van der Waals surface area contributed by atoms with Crippen LogP contribution >= 0.6 is 11.3 Å². The third kappa shape index (κ3) is 8.06. The van der Waals surface area contributed by atoms with Gasteiger partial charge in [-0.1, -0.05) is 127 Å². The van der Waals surface area contributed by atoms with Gasteiger partial charge in [-0.2, -0.15) is 0 Å². The Kier molecular flexibility index (Phi) is 11.7. The molecule has 2 heteroatoms. The Morgan fingerprint density at radius 1 is 0.756 bits per heavy atom. The zero-order chi connectivity index (χ0) is 29.8. The molecule has 1 N–H and O–H groups in total. The third-order valence-electron chi connectivity index (χ3n) is 6.53. The molecule has 0 saturated heterocycles. The van der Waals surface area contributed by atoms with Crippen LogP contribution in [-0.4, -0.2) is 5.11 Å². The van der Waals surface area contributed by atoms with E-state index >= 15 is 0 Å². The first-order chi connectivity index (χ1) is 19.8. The molecule has 1 aromatic heterocycles. The molecule has 1 nitrogen and oxygen atoms in total. The Morgan fingerprint density at radius 3 is 2.05 bits per heavy atom. The Hall–Kier alpha value is -4.40. The molecule has 0 fully saturated rings. The largest absolute Gasteiger partial charge is 0.507 e. The van der Waals surface area contributed by atoms with Crippen LogP contribution in [0.4, 0.5) is 0 Å². The van der Waals surface area contributed by atoms with E-state index in [9.17, 15) is 5.11 Å². The van der Waals surface area contributed by atoms with Crippen LogP contribution < -0.4 is 0 Å². The number of thiophene rings is 1. The first-order valence-electron chi connectivity index (χ1n) is 13.8. The molecule has 0 atom stereocenters. The summed E-state index contributed by atoms with van der Waals surface area (Å²) in [5, 5.41) is 14.8. The van der Waals surface area contributed by atoms with Crippen LogP contribution in [0.5, 0.6) is 5.75 Å². The topological polar surface area (TPSA) is 20.2 Å². The van der Waals surface area contributed by atoms with Gasteiger partial charge in [-0.15, -0.1) is 11.3 Å². The normalized spacial score (nSPS) is 11.9. The summed E-state index contributed by atoms with van der Waals surface area (Å²) in [5.74, 6) is 0.374. The first kappa shape index (κ1) is 31.1. The highest BCUT2D eigenvalue weighted by Crippen LogP contribution is 2.42. The van der Waals surface area contributed by atoms with Gasteiger partial charge in [-0.3, -0.25) is 0 Å². The summed E-state index contributed by atoms with van der Waals surface area (Å²) >= 11 is 1.75. The minimum Gasteiger partial charge on any atom is -0.507 e. The van der Waals surface area contributed by atoms with Gasteiger partial charge in [0.15, 0.2) is 0 Å². The van der Waals surface area contributed by atoms with Gasteiger partial charge in [0.05, 0.1) is 0 Å². The average Bonchev–Trinajstić information content (AvgIpc) is 3.34. The minimum atomic E-state index is 0.374. The van der Waals surface area contributed by atoms with Crippen LogP contribution in [0.15, 0.2) is 140 Å². The van der Waals surface area contributed by atoms with Crippen LogP contribution in [0.2, 0.25) is 0 Å². The number of aromatic hydroxyl groups is 1. The number of phenols is 1. The third-order valence-corrected chi connectivity index (χ3v) is 7.73. The summed E-state index contributed by atoms with van der Waals surface area (Å²) < 4.78 is 2.41. The van der Waals surface area contributed by atoms with E-state index in [1.807, 2.05) is 63.3 Å². The van der Waals surface area contributed by atoms with Gasteiger partial charge in [0.2, 0.25) is 0 Å². The lowest BCUT2D eigenvalue weighted by molar-refractivity contribution is 0.482. The van der Waals surface area contributed by atoms with Crippen molar-refractivity contribution in [3.05, 3.63) is 157 Å². The van der Waals surface area contributed by atoms with Gasteiger partial charge in [0, 0.05) is 20.2 Å².